The van der Waals surface area contributed by atoms with Crippen LogP contribution in [0.3, 0.4) is 0 Å². The first-order valence-corrected chi connectivity index (χ1v) is 11.1. The molecule has 0 spiro atoms. The fraction of sp³-hybridized carbons (Fsp3) is 0.115. The number of pyridine rings is 1. The summed E-state index contributed by atoms with van der Waals surface area (Å²) in [4.78, 5) is 38.6. The van der Waals surface area contributed by atoms with E-state index >= 15 is 0 Å². The Bertz CT molecular complexity index is 1480. The molecule has 8 heteroatoms. The molecule has 3 aromatic carbocycles. The van der Waals surface area contributed by atoms with Gasteiger partial charge in [-0.1, -0.05) is 59.6 Å². The van der Waals surface area contributed by atoms with Crippen LogP contribution in [0.25, 0.3) is 21.9 Å². The zero-order valence-corrected chi connectivity index (χ0v) is 19.9. The first-order valence-electron chi connectivity index (χ1n) is 10.4. The van der Waals surface area contributed by atoms with E-state index < -0.39 is 18.5 Å². The van der Waals surface area contributed by atoms with E-state index in [2.05, 4.69) is 5.32 Å². The monoisotopic (exact) mass is 494 g/mol. The number of nitrogens with one attached hydrogen (secondary N) is 1. The topological polar surface area (TPSA) is 77.4 Å². The molecular weight excluding hydrogens is 475 g/mol. The highest BCUT2D eigenvalue weighted by atomic mass is 35.5. The van der Waals surface area contributed by atoms with Gasteiger partial charge in [0.15, 0.2) is 6.61 Å². The number of hydrogen-bond donors (Lipinski definition) is 1. The lowest BCUT2D eigenvalue weighted by Gasteiger charge is -2.17. The fourth-order valence-electron chi connectivity index (χ4n) is 3.74. The molecule has 0 aliphatic heterocycles. The molecule has 0 unspecified atom stereocenters. The predicted molar refractivity (Wildman–Crippen MR) is 135 cm³/mol. The smallest absolute Gasteiger partial charge is 0.356 e. The molecule has 0 saturated heterocycles. The zero-order chi connectivity index (χ0) is 24.4. The van der Waals surface area contributed by atoms with Crippen LogP contribution in [0.4, 0.5) is 5.69 Å². The molecule has 0 radical (unpaired) electrons. The predicted octanol–water partition coefficient (Wildman–Crippen LogP) is 5.62. The first kappa shape index (κ1) is 23.5. The summed E-state index contributed by atoms with van der Waals surface area (Å²) >= 11 is 12.1. The summed E-state index contributed by atoms with van der Waals surface area (Å²) in [5, 5.41) is 4.78. The van der Waals surface area contributed by atoms with Gasteiger partial charge in [-0.05, 0) is 53.8 Å². The number of anilines is 1. The summed E-state index contributed by atoms with van der Waals surface area (Å²) in [6.45, 7) is 1.24. The van der Waals surface area contributed by atoms with Gasteiger partial charge in [0.25, 0.3) is 11.5 Å². The maximum Gasteiger partial charge on any atom is 0.356 e. The summed E-state index contributed by atoms with van der Waals surface area (Å²) in [6.07, 6.45) is 0. The normalized spacial score (nSPS) is 10.8. The molecule has 0 bridgehead atoms. The third-order valence-electron chi connectivity index (χ3n) is 5.51. The van der Waals surface area contributed by atoms with Crippen molar-refractivity contribution in [3.63, 3.8) is 0 Å². The van der Waals surface area contributed by atoms with E-state index in [1.54, 1.807) is 73.7 Å². The van der Waals surface area contributed by atoms with Crippen molar-refractivity contribution >= 4 is 51.5 Å². The molecule has 0 fully saturated rings. The second-order valence-electron chi connectivity index (χ2n) is 7.68. The lowest BCUT2D eigenvalue weighted by Crippen LogP contribution is -2.28. The number of esters is 1. The van der Waals surface area contributed by atoms with Crippen LogP contribution in [-0.4, -0.2) is 23.1 Å². The van der Waals surface area contributed by atoms with Crippen LogP contribution >= 0.6 is 23.2 Å². The highest BCUT2D eigenvalue weighted by molar-refractivity contribution is 6.31. The third-order valence-corrected chi connectivity index (χ3v) is 6.17. The minimum absolute atomic E-state index is 0.0396. The summed E-state index contributed by atoms with van der Waals surface area (Å²) in [7, 11) is 1.50. The van der Waals surface area contributed by atoms with Gasteiger partial charge in [0, 0.05) is 33.7 Å². The molecule has 1 aromatic heterocycles. The van der Waals surface area contributed by atoms with Crippen molar-refractivity contribution in [3.8, 4) is 11.1 Å². The highest BCUT2D eigenvalue weighted by Crippen LogP contribution is 2.32. The highest BCUT2D eigenvalue weighted by Gasteiger charge is 2.23. The number of carbonyl (C=O) groups excluding carboxylic acids is 2. The molecule has 4 aromatic rings. The summed E-state index contributed by atoms with van der Waals surface area (Å²) in [6, 6.07) is 19.1. The minimum atomic E-state index is -0.798. The van der Waals surface area contributed by atoms with Gasteiger partial charge in [0.05, 0.1) is 0 Å². The molecule has 0 aliphatic carbocycles. The Labute approximate surface area is 205 Å². The molecule has 0 atom stereocenters. The molecule has 172 valence electrons. The van der Waals surface area contributed by atoms with Gasteiger partial charge < -0.3 is 14.6 Å². The van der Waals surface area contributed by atoms with Crippen molar-refractivity contribution in [2.45, 2.75) is 6.92 Å². The molecule has 0 aliphatic rings. The van der Waals surface area contributed by atoms with E-state index in [-0.39, 0.29) is 11.3 Å². The molecule has 34 heavy (non-hydrogen) atoms. The van der Waals surface area contributed by atoms with Gasteiger partial charge in [-0.3, -0.25) is 9.59 Å². The molecule has 1 heterocycles. The third kappa shape index (κ3) is 4.55. The average molecular weight is 495 g/mol. The van der Waals surface area contributed by atoms with E-state index in [9.17, 15) is 14.4 Å². The van der Waals surface area contributed by atoms with Crippen LogP contribution in [0.1, 0.15) is 16.1 Å². The molecule has 1 amide bonds. The van der Waals surface area contributed by atoms with Crippen molar-refractivity contribution in [1.29, 1.82) is 0 Å². The van der Waals surface area contributed by atoms with Gasteiger partial charge in [0.2, 0.25) is 0 Å². The van der Waals surface area contributed by atoms with E-state index in [0.29, 0.717) is 43.2 Å². The number of amides is 1. The molecular formula is C26H20Cl2N2O4. The standard InChI is InChI=1S/C26H20Cl2N2O4/c1-15-20(28)8-5-9-21(15)29-22(31)14-34-26(33)24-23(16-10-12-17(27)13-11-16)18-6-3-4-7-19(18)25(32)30(24)2/h3-13H,14H2,1-2H3,(H,29,31). The Morgan fingerprint density at radius 2 is 1.62 bits per heavy atom. The van der Waals surface area contributed by atoms with Gasteiger partial charge in [-0.15, -0.1) is 0 Å². The summed E-state index contributed by atoms with van der Waals surface area (Å²) in [5.74, 6) is -1.33. The summed E-state index contributed by atoms with van der Waals surface area (Å²) < 4.78 is 6.58. The molecule has 6 nitrogen and oxygen atoms in total. The number of benzene rings is 3. The number of nitrogens with zero attached hydrogens (tertiary/aromatic N) is 1. The van der Waals surface area contributed by atoms with Crippen molar-refractivity contribution in [2.24, 2.45) is 7.05 Å². The zero-order valence-electron chi connectivity index (χ0n) is 18.4. The largest absolute Gasteiger partial charge is 0.451 e. The van der Waals surface area contributed by atoms with Crippen LogP contribution in [0, 0.1) is 6.92 Å². The summed E-state index contributed by atoms with van der Waals surface area (Å²) in [5.41, 5.74) is 2.11. The van der Waals surface area contributed by atoms with E-state index in [1.807, 2.05) is 0 Å². The number of ether oxygens (including phenoxy) is 1. The molecule has 1 N–H and O–H groups in total. The van der Waals surface area contributed by atoms with Crippen molar-refractivity contribution in [1.82, 2.24) is 4.57 Å². The minimum Gasteiger partial charge on any atom is -0.451 e. The number of rotatable bonds is 5. The van der Waals surface area contributed by atoms with Gasteiger partial charge in [-0.25, -0.2) is 4.79 Å². The Hall–Kier alpha value is -3.61. The number of carbonyl (C=O) groups is 2. The van der Waals surface area contributed by atoms with Crippen molar-refractivity contribution in [2.75, 3.05) is 11.9 Å². The quantitative estimate of drug-likeness (QED) is 0.365. The van der Waals surface area contributed by atoms with Gasteiger partial charge in [0.1, 0.15) is 5.69 Å². The lowest BCUT2D eigenvalue weighted by molar-refractivity contribution is -0.119. The molecule has 0 saturated carbocycles. The van der Waals surface area contributed by atoms with E-state index in [1.165, 1.54) is 11.6 Å². The average Bonchev–Trinajstić information content (AvgIpc) is 2.83. The molecule has 4 rings (SSSR count). The SMILES string of the molecule is Cc1c(Cl)cccc1NC(=O)COC(=O)c1c(-c2ccc(Cl)cc2)c2ccccc2c(=O)n1C. The van der Waals surface area contributed by atoms with Gasteiger partial charge >= 0.3 is 5.97 Å². The second-order valence-corrected chi connectivity index (χ2v) is 8.52. The Morgan fingerprint density at radius 3 is 2.32 bits per heavy atom. The second kappa shape index (κ2) is 9.71. The maximum atomic E-state index is 13.2. The number of halogens is 2. The van der Waals surface area contributed by atoms with Crippen molar-refractivity contribution < 1.29 is 14.3 Å². The first-order chi connectivity index (χ1) is 16.3. The van der Waals surface area contributed by atoms with Crippen LogP contribution in [0.2, 0.25) is 10.0 Å². The van der Waals surface area contributed by atoms with Crippen LogP contribution in [0.5, 0.6) is 0 Å². The Kier molecular flexibility index (Phi) is 6.72. The van der Waals surface area contributed by atoms with Crippen LogP contribution in [0.15, 0.2) is 71.5 Å². The maximum absolute atomic E-state index is 13.2. The van der Waals surface area contributed by atoms with Gasteiger partial charge in [-0.2, -0.15) is 0 Å². The number of fused-ring (bicyclic) bond motifs is 1. The number of aromatic nitrogens is 1. The van der Waals surface area contributed by atoms with E-state index in [0.717, 1.165) is 0 Å². The van der Waals surface area contributed by atoms with Crippen molar-refractivity contribution in [3.05, 3.63) is 98.4 Å². The Balaban J connectivity index is 1.70. The van der Waals surface area contributed by atoms with E-state index in [4.69, 9.17) is 27.9 Å². The number of hydrogen-bond acceptors (Lipinski definition) is 4. The van der Waals surface area contributed by atoms with Crippen LogP contribution in [-0.2, 0) is 16.6 Å². The van der Waals surface area contributed by atoms with Crippen LogP contribution < -0.4 is 10.9 Å². The Morgan fingerprint density at radius 1 is 0.941 bits per heavy atom. The lowest BCUT2D eigenvalue weighted by atomic mass is 9.97. The fourth-order valence-corrected chi connectivity index (χ4v) is 4.04.